The fraction of sp³-hybridized carbons (Fsp3) is 0.250. The minimum absolute atomic E-state index is 0.200. The molecule has 4 heteroatoms. The van der Waals surface area contributed by atoms with Crippen LogP contribution in [-0.2, 0) is 7.05 Å². The van der Waals surface area contributed by atoms with Gasteiger partial charge in [-0.25, -0.2) is 4.68 Å². The van der Waals surface area contributed by atoms with Gasteiger partial charge in [0.15, 0.2) is 0 Å². The number of aromatic nitrogens is 2. The number of rotatable bonds is 3. The van der Waals surface area contributed by atoms with Crippen molar-refractivity contribution >= 4 is 5.78 Å². The smallest absolute Gasteiger partial charge is 0.211 e. The number of methoxy groups -OCH3 is 1. The van der Waals surface area contributed by atoms with Crippen molar-refractivity contribution < 1.29 is 9.53 Å². The van der Waals surface area contributed by atoms with E-state index in [0.29, 0.717) is 11.6 Å². The third-order valence-corrected chi connectivity index (χ3v) is 1.48. The molecule has 0 saturated carbocycles. The van der Waals surface area contributed by atoms with Crippen molar-refractivity contribution in [3.05, 3.63) is 24.4 Å². The minimum Gasteiger partial charge on any atom is -0.481 e. The van der Waals surface area contributed by atoms with Gasteiger partial charge < -0.3 is 4.74 Å². The van der Waals surface area contributed by atoms with Crippen LogP contribution in [0.25, 0.3) is 0 Å². The monoisotopic (exact) mass is 166 g/mol. The maximum Gasteiger partial charge on any atom is 0.211 e. The highest BCUT2D eigenvalue weighted by Gasteiger charge is 2.09. The van der Waals surface area contributed by atoms with Gasteiger partial charge in [0.05, 0.1) is 7.11 Å². The van der Waals surface area contributed by atoms with Crippen LogP contribution >= 0.6 is 0 Å². The molecule has 1 aromatic heterocycles. The average Bonchev–Trinajstić information content (AvgIpc) is 2.45. The molecule has 0 spiro atoms. The van der Waals surface area contributed by atoms with Crippen molar-refractivity contribution in [2.45, 2.75) is 0 Å². The normalized spacial score (nSPS) is 9.50. The maximum atomic E-state index is 11.0. The van der Waals surface area contributed by atoms with Crippen molar-refractivity contribution in [2.75, 3.05) is 7.11 Å². The van der Waals surface area contributed by atoms with Gasteiger partial charge in [0, 0.05) is 13.1 Å². The van der Waals surface area contributed by atoms with Crippen molar-refractivity contribution in [3.8, 4) is 5.88 Å². The Labute approximate surface area is 70.4 Å². The average molecular weight is 166 g/mol. The number of ketones is 1. The van der Waals surface area contributed by atoms with Crippen molar-refractivity contribution in [1.82, 2.24) is 9.78 Å². The molecule has 1 aromatic rings. The molecule has 0 aliphatic carbocycles. The number of ether oxygens (including phenoxy) is 1. The lowest BCUT2D eigenvalue weighted by Gasteiger charge is -1.95. The zero-order valence-electron chi connectivity index (χ0n) is 7.07. The van der Waals surface area contributed by atoms with E-state index in [0.717, 1.165) is 0 Å². The van der Waals surface area contributed by atoms with Gasteiger partial charge in [0.2, 0.25) is 11.7 Å². The Balaban J connectivity index is 3.04. The molecule has 0 saturated heterocycles. The number of aryl methyl sites for hydroxylation is 1. The summed E-state index contributed by atoms with van der Waals surface area (Å²) in [6, 6.07) is 1.57. The first-order valence-electron chi connectivity index (χ1n) is 3.44. The molecule has 0 bridgehead atoms. The fourth-order valence-electron chi connectivity index (χ4n) is 0.866. The summed E-state index contributed by atoms with van der Waals surface area (Å²) in [5.74, 6) is 0.356. The van der Waals surface area contributed by atoms with E-state index in [9.17, 15) is 4.79 Å². The van der Waals surface area contributed by atoms with E-state index in [-0.39, 0.29) is 5.78 Å². The topological polar surface area (TPSA) is 44.1 Å². The first-order valence-corrected chi connectivity index (χ1v) is 3.44. The molecular formula is C8H10N2O2. The summed E-state index contributed by atoms with van der Waals surface area (Å²) in [5, 5.41) is 3.92. The van der Waals surface area contributed by atoms with Crippen LogP contribution in [0, 0.1) is 0 Å². The predicted molar refractivity (Wildman–Crippen MR) is 44.3 cm³/mol. The van der Waals surface area contributed by atoms with E-state index in [1.54, 1.807) is 13.1 Å². The third-order valence-electron chi connectivity index (χ3n) is 1.48. The molecular weight excluding hydrogens is 156 g/mol. The lowest BCUT2D eigenvalue weighted by Crippen LogP contribution is -1.98. The Kier molecular flexibility index (Phi) is 2.28. The maximum absolute atomic E-state index is 11.0. The lowest BCUT2D eigenvalue weighted by molar-refractivity contribution is 0.104. The van der Waals surface area contributed by atoms with Crippen LogP contribution in [0.15, 0.2) is 18.7 Å². The van der Waals surface area contributed by atoms with Crippen molar-refractivity contribution in [3.63, 3.8) is 0 Å². The van der Waals surface area contributed by atoms with Gasteiger partial charge in [-0.1, -0.05) is 6.58 Å². The Morgan fingerprint density at radius 1 is 1.83 bits per heavy atom. The Morgan fingerprint density at radius 3 is 2.92 bits per heavy atom. The molecule has 12 heavy (non-hydrogen) atoms. The molecule has 64 valence electrons. The summed E-state index contributed by atoms with van der Waals surface area (Å²) in [7, 11) is 3.23. The van der Waals surface area contributed by atoms with Gasteiger partial charge in [-0.2, -0.15) is 5.10 Å². The van der Waals surface area contributed by atoms with Crippen molar-refractivity contribution in [1.29, 1.82) is 0 Å². The Hall–Kier alpha value is -1.58. The molecule has 0 radical (unpaired) electrons. The number of nitrogens with zero attached hydrogens (tertiary/aromatic N) is 2. The van der Waals surface area contributed by atoms with E-state index >= 15 is 0 Å². The van der Waals surface area contributed by atoms with Gasteiger partial charge in [0.25, 0.3) is 0 Å². The second kappa shape index (κ2) is 3.21. The van der Waals surface area contributed by atoms with E-state index in [4.69, 9.17) is 4.74 Å². The largest absolute Gasteiger partial charge is 0.481 e. The molecule has 0 unspecified atom stereocenters. The number of carbonyl (C=O) groups excluding carboxylic acids is 1. The molecule has 1 heterocycles. The summed E-state index contributed by atoms with van der Waals surface area (Å²) in [5.41, 5.74) is 0.351. The van der Waals surface area contributed by atoms with E-state index < -0.39 is 0 Å². The predicted octanol–water partition coefficient (Wildman–Crippen LogP) is 0.797. The van der Waals surface area contributed by atoms with Crippen LogP contribution in [0.3, 0.4) is 0 Å². The zero-order valence-corrected chi connectivity index (χ0v) is 7.07. The molecule has 0 fully saturated rings. The molecule has 0 amide bonds. The highest BCUT2D eigenvalue weighted by atomic mass is 16.5. The summed E-state index contributed by atoms with van der Waals surface area (Å²) in [6.07, 6.45) is 1.22. The van der Waals surface area contributed by atoms with Gasteiger partial charge in [0.1, 0.15) is 5.69 Å². The third kappa shape index (κ3) is 1.37. The SMILES string of the molecule is C=CC(=O)c1cc(OC)n(C)n1. The summed E-state index contributed by atoms with van der Waals surface area (Å²) < 4.78 is 6.43. The van der Waals surface area contributed by atoms with Gasteiger partial charge in [-0.15, -0.1) is 0 Å². The Morgan fingerprint density at radius 2 is 2.50 bits per heavy atom. The highest BCUT2D eigenvalue weighted by Crippen LogP contribution is 2.11. The number of allylic oxidation sites excluding steroid dienone is 1. The summed E-state index contributed by atoms with van der Waals surface area (Å²) >= 11 is 0. The van der Waals surface area contributed by atoms with Crippen LogP contribution < -0.4 is 4.74 Å². The molecule has 0 N–H and O–H groups in total. The van der Waals surface area contributed by atoms with Crippen LogP contribution in [0.5, 0.6) is 5.88 Å². The number of carbonyl (C=O) groups is 1. The van der Waals surface area contributed by atoms with Crippen LogP contribution in [0.1, 0.15) is 10.5 Å². The van der Waals surface area contributed by atoms with E-state index in [2.05, 4.69) is 11.7 Å². The summed E-state index contributed by atoms with van der Waals surface area (Å²) in [4.78, 5) is 11.0. The van der Waals surface area contributed by atoms with Gasteiger partial charge in [-0.05, 0) is 6.08 Å². The first kappa shape index (κ1) is 8.52. The second-order valence-electron chi connectivity index (χ2n) is 2.26. The minimum atomic E-state index is -0.200. The van der Waals surface area contributed by atoms with Gasteiger partial charge >= 0.3 is 0 Å². The lowest BCUT2D eigenvalue weighted by atomic mass is 10.3. The highest BCUT2D eigenvalue weighted by molar-refractivity contribution is 6.02. The molecule has 0 aliphatic heterocycles. The number of hydrogen-bond acceptors (Lipinski definition) is 3. The molecule has 4 nitrogen and oxygen atoms in total. The Bertz CT molecular complexity index is 315. The first-order chi connectivity index (χ1) is 5.69. The van der Waals surface area contributed by atoms with Crippen LogP contribution in [-0.4, -0.2) is 22.7 Å². The zero-order chi connectivity index (χ0) is 9.14. The molecule has 1 rings (SSSR count). The fourth-order valence-corrected chi connectivity index (χ4v) is 0.866. The van der Waals surface area contributed by atoms with Crippen LogP contribution in [0.2, 0.25) is 0 Å². The van der Waals surface area contributed by atoms with Crippen molar-refractivity contribution in [2.24, 2.45) is 7.05 Å². The van der Waals surface area contributed by atoms with E-state index in [1.165, 1.54) is 17.9 Å². The standard InChI is InChI=1S/C8H10N2O2/c1-4-7(11)6-5-8(12-3)10(2)9-6/h4-5H,1H2,2-3H3. The van der Waals surface area contributed by atoms with Crippen LogP contribution in [0.4, 0.5) is 0 Å². The van der Waals surface area contributed by atoms with E-state index in [1.807, 2.05) is 0 Å². The molecule has 0 aromatic carbocycles. The molecule has 0 atom stereocenters. The van der Waals surface area contributed by atoms with Gasteiger partial charge in [-0.3, -0.25) is 4.79 Å². The quantitative estimate of drug-likeness (QED) is 0.492. The summed E-state index contributed by atoms with van der Waals surface area (Å²) in [6.45, 7) is 3.36. The number of hydrogen-bond donors (Lipinski definition) is 0. The second-order valence-corrected chi connectivity index (χ2v) is 2.26. The molecule has 0 aliphatic rings.